The summed E-state index contributed by atoms with van der Waals surface area (Å²) in [5, 5.41) is 4.82. The fraction of sp³-hybridized carbons (Fsp3) is 0.500. The molecule has 3 aliphatic rings. The molecule has 0 heterocycles. The van der Waals surface area contributed by atoms with Gasteiger partial charge in [-0.15, -0.1) is 11.7 Å². The van der Waals surface area contributed by atoms with Gasteiger partial charge in [0.15, 0.2) is 0 Å². The van der Waals surface area contributed by atoms with Crippen LogP contribution in [-0.2, 0) is 32.6 Å². The van der Waals surface area contributed by atoms with Gasteiger partial charge < -0.3 is 12.2 Å². The molecule has 3 aliphatic carbocycles. The maximum Gasteiger partial charge on any atom is 4.00 e. The zero-order chi connectivity index (χ0) is 18.7. The zero-order valence-corrected chi connectivity index (χ0v) is 19.7. The van der Waals surface area contributed by atoms with E-state index in [2.05, 4.69) is 31.2 Å². The molecule has 2 saturated carbocycles. The van der Waals surface area contributed by atoms with Crippen molar-refractivity contribution in [1.29, 1.82) is 0 Å². The van der Waals surface area contributed by atoms with E-state index < -0.39 is 0 Å². The molecule has 0 aromatic heterocycles. The van der Waals surface area contributed by atoms with E-state index in [0.717, 1.165) is 12.1 Å². The van der Waals surface area contributed by atoms with Crippen LogP contribution >= 0.6 is 0 Å². The van der Waals surface area contributed by atoms with E-state index in [-0.39, 0.29) is 32.2 Å². The number of benzene rings is 2. The van der Waals surface area contributed by atoms with Gasteiger partial charge in [-0.05, 0) is 5.56 Å². The van der Waals surface area contributed by atoms with Crippen LogP contribution in [0.1, 0.15) is 81.4 Å². The van der Waals surface area contributed by atoms with Gasteiger partial charge in [0.2, 0.25) is 0 Å². The minimum Gasteiger partial charge on any atom is -0.680 e. The van der Waals surface area contributed by atoms with E-state index in [9.17, 15) is 0 Å². The van der Waals surface area contributed by atoms with Gasteiger partial charge in [0.05, 0.1) is 0 Å². The van der Waals surface area contributed by atoms with Crippen LogP contribution < -0.4 is 0 Å². The summed E-state index contributed by atoms with van der Waals surface area (Å²) >= 11 is 0. The molecule has 0 aliphatic heterocycles. The molecule has 0 radical (unpaired) electrons. The Labute approximate surface area is 191 Å². The topological polar surface area (TPSA) is 14.1 Å². The summed E-state index contributed by atoms with van der Waals surface area (Å²) < 4.78 is 0. The summed E-state index contributed by atoms with van der Waals surface area (Å²) in [5.41, 5.74) is 3.79. The van der Waals surface area contributed by atoms with Gasteiger partial charge in [-0.2, -0.15) is 5.92 Å². The minimum absolute atomic E-state index is 0. The van der Waals surface area contributed by atoms with Crippen LogP contribution in [0, 0.1) is 12.8 Å². The van der Waals surface area contributed by atoms with Gasteiger partial charge in [-0.3, -0.25) is 0 Å². The summed E-state index contributed by atoms with van der Waals surface area (Å²) in [6.45, 7) is 4.24. The Morgan fingerprint density at radius 3 is 1.64 bits per heavy atom. The quantitative estimate of drug-likeness (QED) is 0.406. The molecule has 2 fully saturated rings. The number of nitrogens with zero attached hydrogens (tertiary/aromatic N) is 1. The summed E-state index contributed by atoms with van der Waals surface area (Å²) in [7, 11) is 0. The Kier molecular flexibility index (Phi) is 11.2. The van der Waals surface area contributed by atoms with Gasteiger partial charge in [-0.25, -0.2) is 0 Å². The van der Waals surface area contributed by atoms with Crippen LogP contribution in [0.15, 0.2) is 54.6 Å². The maximum absolute atomic E-state index is 4.82. The molecule has 0 amide bonds. The van der Waals surface area contributed by atoms with Crippen LogP contribution in [0.25, 0.3) is 5.32 Å². The van der Waals surface area contributed by atoms with Crippen molar-refractivity contribution in [2.45, 2.75) is 76.7 Å². The van der Waals surface area contributed by atoms with Crippen molar-refractivity contribution in [2.24, 2.45) is 5.92 Å². The van der Waals surface area contributed by atoms with E-state index in [1.165, 1.54) is 75.3 Å². The van der Waals surface area contributed by atoms with Crippen molar-refractivity contribution in [3.05, 3.63) is 78.0 Å². The second kappa shape index (κ2) is 13.4. The Morgan fingerprint density at radius 2 is 1.11 bits per heavy atom. The third-order valence-corrected chi connectivity index (χ3v) is 5.85. The van der Waals surface area contributed by atoms with Crippen LogP contribution in [0.5, 0.6) is 0 Å². The SMILES string of the molecule is C1CCCC1.C1CCCC1.[CH2-]C1Cc2ccccc2C1[N-]c1ccccc1.[Zr+4]. The molecule has 0 saturated heterocycles. The molecule has 5 rings (SSSR count). The van der Waals surface area contributed by atoms with Crippen molar-refractivity contribution < 1.29 is 26.2 Å². The fourth-order valence-electron chi connectivity index (χ4n) is 4.27. The molecule has 1 nitrogen and oxygen atoms in total. The number of fused-ring (bicyclic) bond motifs is 1. The first-order chi connectivity index (χ1) is 13.3. The molecular formula is C26H35NZr+2. The second-order valence-corrected chi connectivity index (χ2v) is 8.11. The van der Waals surface area contributed by atoms with Gasteiger partial charge in [-0.1, -0.05) is 131 Å². The molecule has 2 unspecified atom stereocenters. The fourth-order valence-corrected chi connectivity index (χ4v) is 4.27. The molecule has 2 aromatic rings. The maximum atomic E-state index is 4.82. The average molecular weight is 453 g/mol. The Hall–Kier alpha value is -0.877. The number of hydrogen-bond donors (Lipinski definition) is 0. The number of hydrogen-bond acceptors (Lipinski definition) is 0. The molecule has 2 heteroatoms. The first kappa shape index (κ1) is 23.4. The first-order valence-electron chi connectivity index (χ1n) is 11.0. The summed E-state index contributed by atoms with van der Waals surface area (Å²) in [5.74, 6) is 0.354. The van der Waals surface area contributed by atoms with Crippen molar-refractivity contribution >= 4 is 5.69 Å². The van der Waals surface area contributed by atoms with E-state index in [4.69, 9.17) is 5.32 Å². The Bertz CT molecular complexity index is 621. The Morgan fingerprint density at radius 1 is 0.643 bits per heavy atom. The van der Waals surface area contributed by atoms with Crippen LogP contribution in [-0.4, -0.2) is 0 Å². The van der Waals surface area contributed by atoms with Crippen LogP contribution in [0.2, 0.25) is 0 Å². The van der Waals surface area contributed by atoms with Crippen molar-refractivity contribution in [3.63, 3.8) is 0 Å². The van der Waals surface area contributed by atoms with Crippen molar-refractivity contribution in [2.75, 3.05) is 0 Å². The van der Waals surface area contributed by atoms with Crippen molar-refractivity contribution in [1.82, 2.24) is 0 Å². The third-order valence-electron chi connectivity index (χ3n) is 5.85. The van der Waals surface area contributed by atoms with Gasteiger partial charge in [0, 0.05) is 0 Å². The molecule has 146 valence electrons. The van der Waals surface area contributed by atoms with Gasteiger partial charge >= 0.3 is 26.2 Å². The largest absolute Gasteiger partial charge is 4.00 e. The predicted molar refractivity (Wildman–Crippen MR) is 117 cm³/mol. The Balaban J connectivity index is 0.000000209. The molecular weight excluding hydrogens is 418 g/mol. The molecule has 0 bridgehead atoms. The molecule has 2 atom stereocenters. The van der Waals surface area contributed by atoms with Crippen molar-refractivity contribution in [3.8, 4) is 0 Å². The van der Waals surface area contributed by atoms with Gasteiger partial charge in [0.1, 0.15) is 0 Å². The third kappa shape index (κ3) is 7.51. The smallest absolute Gasteiger partial charge is 0.680 e. The summed E-state index contributed by atoms with van der Waals surface area (Å²) in [6, 6.07) is 18.9. The summed E-state index contributed by atoms with van der Waals surface area (Å²) in [4.78, 5) is 0. The number of rotatable bonds is 2. The molecule has 2 aromatic carbocycles. The van der Waals surface area contributed by atoms with Crippen LogP contribution in [0.3, 0.4) is 0 Å². The van der Waals surface area contributed by atoms with E-state index >= 15 is 0 Å². The second-order valence-electron chi connectivity index (χ2n) is 8.11. The molecule has 0 spiro atoms. The normalized spacial score (nSPS) is 22.0. The van der Waals surface area contributed by atoms with Gasteiger partial charge in [0.25, 0.3) is 0 Å². The summed E-state index contributed by atoms with van der Waals surface area (Å²) in [6.07, 6.45) is 16.0. The minimum atomic E-state index is 0. The average Bonchev–Trinajstić information content (AvgIpc) is 3.49. The van der Waals surface area contributed by atoms with E-state index in [0.29, 0.717) is 5.92 Å². The first-order valence-corrected chi connectivity index (χ1v) is 11.0. The zero-order valence-electron chi connectivity index (χ0n) is 17.3. The standard InChI is InChI=1S/C16H15N.2C5H10.Zr/c1-12-11-13-7-5-6-10-15(13)16(12)17-14-8-3-2-4-9-14;2*1-2-4-5-3-1;/h2-10,12,16H,1,11H2;2*1-5H2;/q-2;;;+4. The van der Waals surface area contributed by atoms with E-state index in [1.807, 2.05) is 30.3 Å². The molecule has 0 N–H and O–H groups in total. The molecule has 28 heavy (non-hydrogen) atoms. The monoisotopic (exact) mass is 451 g/mol. The van der Waals surface area contributed by atoms with Crippen LogP contribution in [0.4, 0.5) is 5.69 Å². The van der Waals surface area contributed by atoms with E-state index in [1.54, 1.807) is 0 Å². The number of para-hydroxylation sites is 1. The predicted octanol–water partition coefficient (Wildman–Crippen LogP) is 8.34.